The number of amides is 1. The van der Waals surface area contributed by atoms with Gasteiger partial charge >= 0.3 is 0 Å². The number of imidazole rings is 1. The standard InChI is InChI=1S/C26H24N4O/c27-22(31)13-7-18-8-14-23-29-24(25(30(23)17-18)20-5-2-1-3-6-20)19-9-11-21(12-10-19)26(28)15-4-16-26/h1-3,5-14,17H,4,15-16,28H2,(H2,27,31). The maximum atomic E-state index is 11.1. The van der Waals surface area contributed by atoms with Crippen molar-refractivity contribution in [3.63, 3.8) is 0 Å². The predicted molar refractivity (Wildman–Crippen MR) is 124 cm³/mol. The van der Waals surface area contributed by atoms with Gasteiger partial charge < -0.3 is 11.5 Å². The molecule has 1 amide bonds. The number of pyridine rings is 1. The lowest BCUT2D eigenvalue weighted by Gasteiger charge is -2.38. The lowest BCUT2D eigenvalue weighted by Crippen LogP contribution is -2.43. The Hall–Kier alpha value is -3.70. The molecular formula is C26H24N4O. The molecule has 1 fully saturated rings. The first-order valence-corrected chi connectivity index (χ1v) is 10.5. The van der Waals surface area contributed by atoms with Gasteiger partial charge in [0.05, 0.1) is 11.4 Å². The van der Waals surface area contributed by atoms with Crippen molar-refractivity contribution in [1.82, 2.24) is 9.38 Å². The number of primary amides is 1. The van der Waals surface area contributed by atoms with Crippen molar-refractivity contribution in [2.75, 3.05) is 0 Å². The minimum absolute atomic E-state index is 0.179. The van der Waals surface area contributed by atoms with E-state index in [1.54, 1.807) is 6.08 Å². The molecule has 1 aliphatic rings. The third-order valence-corrected chi connectivity index (χ3v) is 6.11. The number of hydrogen-bond donors (Lipinski definition) is 2. The molecule has 0 spiro atoms. The van der Waals surface area contributed by atoms with Gasteiger partial charge in [-0.1, -0.05) is 54.6 Å². The third-order valence-electron chi connectivity index (χ3n) is 6.11. The average Bonchev–Trinajstić information content (AvgIpc) is 3.15. The monoisotopic (exact) mass is 408 g/mol. The van der Waals surface area contributed by atoms with Gasteiger partial charge in [-0.3, -0.25) is 9.20 Å². The first kappa shape index (κ1) is 19.3. The summed E-state index contributed by atoms with van der Waals surface area (Å²) in [5, 5.41) is 0. The Balaban J connectivity index is 1.66. The zero-order valence-electron chi connectivity index (χ0n) is 17.2. The zero-order chi connectivity index (χ0) is 21.4. The van der Waals surface area contributed by atoms with Crippen LogP contribution in [0.15, 0.2) is 79.0 Å². The molecule has 5 heteroatoms. The largest absolute Gasteiger partial charge is 0.366 e. The Labute approximate surface area is 181 Å². The van der Waals surface area contributed by atoms with Gasteiger partial charge in [-0.25, -0.2) is 4.98 Å². The highest BCUT2D eigenvalue weighted by Crippen LogP contribution is 2.40. The molecule has 0 atom stereocenters. The van der Waals surface area contributed by atoms with E-state index in [4.69, 9.17) is 16.5 Å². The Morgan fingerprint density at radius 2 is 1.71 bits per heavy atom. The molecule has 0 radical (unpaired) electrons. The van der Waals surface area contributed by atoms with Crippen molar-refractivity contribution in [2.24, 2.45) is 11.5 Å². The van der Waals surface area contributed by atoms with Crippen LogP contribution in [-0.4, -0.2) is 15.3 Å². The summed E-state index contributed by atoms with van der Waals surface area (Å²) in [6, 6.07) is 22.6. The lowest BCUT2D eigenvalue weighted by molar-refractivity contribution is -0.113. The molecule has 1 aliphatic carbocycles. The molecule has 0 bridgehead atoms. The normalized spacial score (nSPS) is 15.3. The SMILES string of the molecule is NC(=O)C=Cc1ccc2nc(-c3ccc(C4(N)CCC4)cc3)c(-c3ccccc3)n2c1. The fourth-order valence-corrected chi connectivity index (χ4v) is 4.22. The van der Waals surface area contributed by atoms with Gasteiger partial charge in [0.15, 0.2) is 0 Å². The molecule has 5 rings (SSSR count). The van der Waals surface area contributed by atoms with E-state index in [2.05, 4.69) is 40.8 Å². The molecule has 2 aromatic carbocycles. The number of nitrogens with two attached hydrogens (primary N) is 2. The summed E-state index contributed by atoms with van der Waals surface area (Å²) < 4.78 is 2.07. The van der Waals surface area contributed by atoms with Crippen LogP contribution in [0.2, 0.25) is 0 Å². The summed E-state index contributed by atoms with van der Waals surface area (Å²) in [6.45, 7) is 0. The van der Waals surface area contributed by atoms with Gasteiger partial charge in [-0.15, -0.1) is 0 Å². The predicted octanol–water partition coefficient (Wildman–Crippen LogP) is 4.50. The molecular weight excluding hydrogens is 384 g/mol. The quantitative estimate of drug-likeness (QED) is 0.477. The number of hydrogen-bond acceptors (Lipinski definition) is 3. The molecule has 1 saturated carbocycles. The van der Waals surface area contributed by atoms with E-state index in [0.717, 1.165) is 46.6 Å². The van der Waals surface area contributed by atoms with E-state index in [0.29, 0.717) is 0 Å². The fourth-order valence-electron chi connectivity index (χ4n) is 4.22. The van der Waals surface area contributed by atoms with Crippen molar-refractivity contribution in [3.8, 4) is 22.5 Å². The molecule has 5 nitrogen and oxygen atoms in total. The number of carbonyl (C=O) groups excluding carboxylic acids is 1. The summed E-state index contributed by atoms with van der Waals surface area (Å²) in [5.74, 6) is -0.473. The van der Waals surface area contributed by atoms with Crippen LogP contribution in [0.3, 0.4) is 0 Å². The first-order valence-electron chi connectivity index (χ1n) is 10.5. The number of aromatic nitrogens is 2. The van der Waals surface area contributed by atoms with Crippen LogP contribution >= 0.6 is 0 Å². The van der Waals surface area contributed by atoms with Gasteiger partial charge in [0.1, 0.15) is 5.65 Å². The Bertz CT molecular complexity index is 1280. The molecule has 31 heavy (non-hydrogen) atoms. The maximum absolute atomic E-state index is 11.1. The Morgan fingerprint density at radius 3 is 2.35 bits per heavy atom. The summed E-state index contributed by atoms with van der Waals surface area (Å²) in [7, 11) is 0. The van der Waals surface area contributed by atoms with Crippen LogP contribution in [0.5, 0.6) is 0 Å². The van der Waals surface area contributed by atoms with Crippen molar-refractivity contribution >= 4 is 17.6 Å². The number of nitrogens with zero attached hydrogens (tertiary/aromatic N) is 2. The molecule has 4 N–H and O–H groups in total. The van der Waals surface area contributed by atoms with Crippen LogP contribution < -0.4 is 11.5 Å². The Morgan fingerprint density at radius 1 is 0.968 bits per heavy atom. The number of rotatable bonds is 5. The molecule has 2 aromatic heterocycles. The zero-order valence-corrected chi connectivity index (χ0v) is 17.2. The van der Waals surface area contributed by atoms with Crippen LogP contribution in [0.25, 0.3) is 34.2 Å². The summed E-state index contributed by atoms with van der Waals surface area (Å²) in [4.78, 5) is 16.1. The van der Waals surface area contributed by atoms with E-state index in [1.807, 2.05) is 36.5 Å². The average molecular weight is 409 g/mol. The first-order chi connectivity index (χ1) is 15.0. The summed E-state index contributed by atoms with van der Waals surface area (Å²) in [5.41, 5.74) is 18.5. The molecule has 0 aliphatic heterocycles. The van der Waals surface area contributed by atoms with Crippen LogP contribution in [0.4, 0.5) is 0 Å². The third kappa shape index (κ3) is 3.53. The minimum Gasteiger partial charge on any atom is -0.366 e. The van der Waals surface area contributed by atoms with Crippen molar-refractivity contribution in [3.05, 3.63) is 90.1 Å². The second kappa shape index (κ2) is 7.52. The lowest BCUT2D eigenvalue weighted by atomic mass is 9.72. The number of benzene rings is 2. The molecule has 2 heterocycles. The number of carbonyl (C=O) groups is 1. The molecule has 154 valence electrons. The summed E-state index contributed by atoms with van der Waals surface area (Å²) in [6.07, 6.45) is 8.32. The van der Waals surface area contributed by atoms with Gasteiger partial charge in [0.25, 0.3) is 0 Å². The smallest absolute Gasteiger partial charge is 0.241 e. The highest BCUT2D eigenvalue weighted by molar-refractivity contribution is 5.90. The highest BCUT2D eigenvalue weighted by Gasteiger charge is 2.34. The topological polar surface area (TPSA) is 86.4 Å². The van der Waals surface area contributed by atoms with Crippen LogP contribution in [-0.2, 0) is 10.3 Å². The maximum Gasteiger partial charge on any atom is 0.241 e. The van der Waals surface area contributed by atoms with Crippen molar-refractivity contribution in [2.45, 2.75) is 24.8 Å². The van der Waals surface area contributed by atoms with Gasteiger partial charge in [-0.2, -0.15) is 0 Å². The summed E-state index contributed by atoms with van der Waals surface area (Å²) >= 11 is 0. The fraction of sp³-hybridized carbons (Fsp3) is 0.154. The van der Waals surface area contributed by atoms with E-state index >= 15 is 0 Å². The highest BCUT2D eigenvalue weighted by atomic mass is 16.1. The van der Waals surface area contributed by atoms with Gasteiger partial charge in [-0.05, 0) is 48.6 Å². The van der Waals surface area contributed by atoms with Crippen LogP contribution in [0.1, 0.15) is 30.4 Å². The second-order valence-corrected chi connectivity index (χ2v) is 8.19. The van der Waals surface area contributed by atoms with E-state index in [1.165, 1.54) is 18.1 Å². The van der Waals surface area contributed by atoms with Crippen molar-refractivity contribution in [1.29, 1.82) is 0 Å². The molecule has 4 aromatic rings. The Kier molecular flexibility index (Phi) is 4.68. The van der Waals surface area contributed by atoms with Gasteiger partial charge in [0.2, 0.25) is 5.91 Å². The van der Waals surface area contributed by atoms with Crippen LogP contribution in [0, 0.1) is 0 Å². The minimum atomic E-state index is -0.473. The second-order valence-electron chi connectivity index (χ2n) is 8.19. The molecule has 0 saturated heterocycles. The van der Waals surface area contributed by atoms with Gasteiger partial charge in [0, 0.05) is 28.9 Å². The van der Waals surface area contributed by atoms with Crippen molar-refractivity contribution < 1.29 is 4.79 Å². The number of fused-ring (bicyclic) bond motifs is 1. The molecule has 0 unspecified atom stereocenters. The van der Waals surface area contributed by atoms with E-state index in [9.17, 15) is 4.79 Å². The van der Waals surface area contributed by atoms with E-state index < -0.39 is 5.91 Å². The van der Waals surface area contributed by atoms with E-state index in [-0.39, 0.29) is 5.54 Å².